The molecule has 0 radical (unpaired) electrons. The van der Waals surface area contributed by atoms with Gasteiger partial charge in [0, 0.05) is 12.1 Å². The number of likely N-dealkylation sites (N-methyl/N-ethyl adjacent to an activating group) is 1. The molecule has 0 aromatic rings. The van der Waals surface area contributed by atoms with Crippen LogP contribution in [0.1, 0.15) is 46.0 Å². The zero-order chi connectivity index (χ0) is 14.0. The molecule has 1 aliphatic heterocycles. The molecule has 4 heteroatoms. The lowest BCUT2D eigenvalue weighted by molar-refractivity contribution is -0.130. The Morgan fingerprint density at radius 3 is 2.53 bits per heavy atom. The summed E-state index contributed by atoms with van der Waals surface area (Å²) in [6.45, 7) is 5.97. The summed E-state index contributed by atoms with van der Waals surface area (Å²) in [6, 6.07) is 0.0422. The summed E-state index contributed by atoms with van der Waals surface area (Å²) in [4.78, 5) is 16.8. The second kappa shape index (κ2) is 5.80. The lowest BCUT2D eigenvalue weighted by Gasteiger charge is -2.39. The fourth-order valence-electron chi connectivity index (χ4n) is 3.53. The van der Waals surface area contributed by atoms with Gasteiger partial charge >= 0.3 is 0 Å². The van der Waals surface area contributed by atoms with Crippen LogP contribution in [0.5, 0.6) is 0 Å². The molecule has 4 nitrogen and oxygen atoms in total. The van der Waals surface area contributed by atoms with Gasteiger partial charge in [-0.2, -0.15) is 0 Å². The van der Waals surface area contributed by atoms with E-state index in [9.17, 15) is 4.79 Å². The molecule has 0 bridgehead atoms. The molecule has 1 saturated heterocycles. The molecule has 1 atom stereocenters. The van der Waals surface area contributed by atoms with Crippen molar-refractivity contribution < 1.29 is 4.79 Å². The maximum absolute atomic E-state index is 12.4. The van der Waals surface area contributed by atoms with E-state index in [1.54, 1.807) is 0 Å². The van der Waals surface area contributed by atoms with Crippen LogP contribution < -0.4 is 5.32 Å². The van der Waals surface area contributed by atoms with Crippen LogP contribution in [0.2, 0.25) is 0 Å². The Morgan fingerprint density at radius 1 is 1.37 bits per heavy atom. The number of carbonyl (C=O) groups is 1. The number of carbonyl (C=O) groups excluding carboxylic acids is 1. The first-order valence-electron chi connectivity index (χ1n) is 7.64. The number of hydrogen-bond donors (Lipinski definition) is 1. The van der Waals surface area contributed by atoms with Crippen molar-refractivity contribution in [1.29, 1.82) is 0 Å². The predicted molar refractivity (Wildman–Crippen MR) is 77.8 cm³/mol. The van der Waals surface area contributed by atoms with E-state index in [1.807, 2.05) is 4.90 Å². The van der Waals surface area contributed by atoms with Crippen molar-refractivity contribution in [1.82, 2.24) is 15.1 Å². The number of nitrogens with zero attached hydrogens (tertiary/aromatic N) is 2. The predicted octanol–water partition coefficient (Wildman–Crippen LogP) is 1.66. The van der Waals surface area contributed by atoms with E-state index < -0.39 is 0 Å². The van der Waals surface area contributed by atoms with E-state index in [-0.39, 0.29) is 11.6 Å². The van der Waals surface area contributed by atoms with Gasteiger partial charge in [-0.1, -0.05) is 26.7 Å². The van der Waals surface area contributed by atoms with E-state index >= 15 is 0 Å². The van der Waals surface area contributed by atoms with Crippen molar-refractivity contribution >= 4 is 5.91 Å². The Labute approximate surface area is 117 Å². The molecular weight excluding hydrogens is 238 g/mol. The minimum Gasteiger partial charge on any atom is -0.327 e. The van der Waals surface area contributed by atoms with Crippen LogP contribution >= 0.6 is 0 Å². The largest absolute Gasteiger partial charge is 0.327 e. The highest BCUT2D eigenvalue weighted by molar-refractivity contribution is 5.83. The third-order valence-corrected chi connectivity index (χ3v) is 4.81. The SMILES string of the molecule is CC(C)CC1NCN(CC2(N(C)C)CCCC2)C1=O. The highest BCUT2D eigenvalue weighted by Crippen LogP contribution is 2.35. The standard InChI is InChI=1S/C15H29N3O/c1-12(2)9-13-14(19)18(11-16-13)10-15(17(3)4)7-5-6-8-15/h12-13,16H,5-11H2,1-4H3. The minimum atomic E-state index is 0.0422. The van der Waals surface area contributed by atoms with Crippen molar-refractivity contribution in [3.8, 4) is 0 Å². The number of nitrogens with one attached hydrogen (secondary N) is 1. The molecule has 2 fully saturated rings. The topological polar surface area (TPSA) is 35.6 Å². The Bertz CT molecular complexity index is 321. The van der Waals surface area contributed by atoms with Gasteiger partial charge in [-0.25, -0.2) is 0 Å². The molecule has 0 spiro atoms. The highest BCUT2D eigenvalue weighted by atomic mass is 16.2. The van der Waals surface area contributed by atoms with Gasteiger partial charge in [-0.05, 0) is 39.3 Å². The quantitative estimate of drug-likeness (QED) is 0.823. The van der Waals surface area contributed by atoms with Gasteiger partial charge < -0.3 is 9.80 Å². The van der Waals surface area contributed by atoms with Crippen LogP contribution in [0.3, 0.4) is 0 Å². The molecule has 1 unspecified atom stereocenters. The normalized spacial score (nSPS) is 26.9. The van der Waals surface area contributed by atoms with Gasteiger partial charge in [0.05, 0.1) is 12.7 Å². The van der Waals surface area contributed by atoms with Crippen LogP contribution in [0, 0.1) is 5.92 Å². The summed E-state index contributed by atoms with van der Waals surface area (Å²) in [5.74, 6) is 0.873. The van der Waals surface area contributed by atoms with Crippen LogP contribution in [0.25, 0.3) is 0 Å². The van der Waals surface area contributed by atoms with Crippen molar-refractivity contribution in [3.05, 3.63) is 0 Å². The van der Waals surface area contributed by atoms with Gasteiger partial charge in [-0.3, -0.25) is 10.1 Å². The van der Waals surface area contributed by atoms with Crippen molar-refractivity contribution in [2.24, 2.45) is 5.92 Å². The van der Waals surface area contributed by atoms with Gasteiger partial charge in [0.1, 0.15) is 0 Å². The Balaban J connectivity index is 1.98. The van der Waals surface area contributed by atoms with Gasteiger partial charge in [0.25, 0.3) is 0 Å². The number of amides is 1. The average Bonchev–Trinajstić information content (AvgIpc) is 2.92. The maximum Gasteiger partial charge on any atom is 0.240 e. The van der Waals surface area contributed by atoms with E-state index in [0.717, 1.165) is 19.6 Å². The third-order valence-electron chi connectivity index (χ3n) is 4.81. The Morgan fingerprint density at radius 2 is 2.00 bits per heavy atom. The fraction of sp³-hybridized carbons (Fsp3) is 0.933. The summed E-state index contributed by atoms with van der Waals surface area (Å²) in [5.41, 5.74) is 0.212. The first-order chi connectivity index (χ1) is 8.94. The second-order valence-corrected chi connectivity index (χ2v) is 6.91. The number of rotatable bonds is 5. The molecule has 2 aliphatic rings. The first kappa shape index (κ1) is 14.8. The molecule has 0 aromatic heterocycles. The highest BCUT2D eigenvalue weighted by Gasteiger charge is 2.41. The van der Waals surface area contributed by atoms with Crippen molar-refractivity contribution in [3.63, 3.8) is 0 Å². The van der Waals surface area contributed by atoms with Crippen LogP contribution in [-0.4, -0.2) is 54.6 Å². The van der Waals surface area contributed by atoms with Gasteiger partial charge in [-0.15, -0.1) is 0 Å². The molecule has 110 valence electrons. The maximum atomic E-state index is 12.4. The smallest absolute Gasteiger partial charge is 0.240 e. The van der Waals surface area contributed by atoms with E-state index in [0.29, 0.717) is 11.8 Å². The molecule has 2 rings (SSSR count). The first-order valence-corrected chi connectivity index (χ1v) is 7.64. The van der Waals surface area contributed by atoms with Gasteiger partial charge in [0.2, 0.25) is 5.91 Å². The molecule has 1 amide bonds. The van der Waals surface area contributed by atoms with Gasteiger partial charge in [0.15, 0.2) is 0 Å². The lowest BCUT2D eigenvalue weighted by atomic mass is 9.95. The molecular formula is C15H29N3O. The summed E-state index contributed by atoms with van der Waals surface area (Å²) in [7, 11) is 4.32. The zero-order valence-corrected chi connectivity index (χ0v) is 12.9. The van der Waals surface area contributed by atoms with E-state index in [1.165, 1.54) is 25.7 Å². The molecule has 1 aliphatic carbocycles. The van der Waals surface area contributed by atoms with Crippen LogP contribution in [0.4, 0.5) is 0 Å². The summed E-state index contributed by atoms with van der Waals surface area (Å²) < 4.78 is 0. The Hall–Kier alpha value is -0.610. The van der Waals surface area contributed by atoms with Crippen LogP contribution in [-0.2, 0) is 4.79 Å². The molecule has 1 N–H and O–H groups in total. The fourth-order valence-corrected chi connectivity index (χ4v) is 3.53. The number of hydrogen-bond acceptors (Lipinski definition) is 3. The van der Waals surface area contributed by atoms with E-state index in [4.69, 9.17) is 0 Å². The molecule has 0 aromatic carbocycles. The average molecular weight is 267 g/mol. The summed E-state index contributed by atoms with van der Waals surface area (Å²) >= 11 is 0. The monoisotopic (exact) mass is 267 g/mol. The van der Waals surface area contributed by atoms with E-state index in [2.05, 4.69) is 38.2 Å². The summed E-state index contributed by atoms with van der Waals surface area (Å²) in [5, 5.41) is 3.38. The van der Waals surface area contributed by atoms with Crippen LogP contribution in [0.15, 0.2) is 0 Å². The summed E-state index contributed by atoms with van der Waals surface area (Å²) in [6.07, 6.45) is 5.98. The third kappa shape index (κ3) is 3.11. The zero-order valence-electron chi connectivity index (χ0n) is 12.9. The molecule has 19 heavy (non-hydrogen) atoms. The Kier molecular flexibility index (Phi) is 4.51. The second-order valence-electron chi connectivity index (χ2n) is 6.91. The minimum absolute atomic E-state index is 0.0422. The lowest BCUT2D eigenvalue weighted by Crippen LogP contribution is -2.51. The van der Waals surface area contributed by atoms with Crippen molar-refractivity contribution in [2.45, 2.75) is 57.5 Å². The molecule has 1 heterocycles. The van der Waals surface area contributed by atoms with Crippen molar-refractivity contribution in [2.75, 3.05) is 27.3 Å². The molecule has 1 saturated carbocycles.